The number of benzene rings is 3. The molecule has 1 aliphatic rings. The minimum atomic E-state index is -0.829. The van der Waals surface area contributed by atoms with Crippen LogP contribution in [0.1, 0.15) is 43.5 Å². The molecule has 0 spiro atoms. The van der Waals surface area contributed by atoms with E-state index in [9.17, 15) is 9.59 Å². The Morgan fingerprint density at radius 2 is 1.69 bits per heavy atom. The van der Waals surface area contributed by atoms with Gasteiger partial charge in [-0.15, -0.1) is 0 Å². The van der Waals surface area contributed by atoms with Crippen molar-refractivity contribution in [2.45, 2.75) is 33.4 Å². The maximum Gasteiger partial charge on any atom is 0.338 e. The van der Waals surface area contributed by atoms with E-state index >= 15 is 0 Å². The van der Waals surface area contributed by atoms with Gasteiger partial charge < -0.3 is 23.7 Å². The average molecular weight is 694 g/mol. The van der Waals surface area contributed by atoms with Gasteiger partial charge in [0.2, 0.25) is 0 Å². The van der Waals surface area contributed by atoms with E-state index in [0.29, 0.717) is 61.3 Å². The minimum absolute atomic E-state index is 0.174. The number of carbonyl (C=O) groups is 1. The summed E-state index contributed by atoms with van der Waals surface area (Å²) in [5.41, 5.74) is 2.83. The van der Waals surface area contributed by atoms with E-state index < -0.39 is 12.0 Å². The first kappa shape index (κ1) is 32.1. The summed E-state index contributed by atoms with van der Waals surface area (Å²) in [6.07, 6.45) is 1.78. The molecular formula is C34H33BrN2O7S. The molecule has 234 valence electrons. The minimum Gasteiger partial charge on any atom is -0.493 e. The molecule has 45 heavy (non-hydrogen) atoms. The highest BCUT2D eigenvalue weighted by Crippen LogP contribution is 2.41. The fourth-order valence-electron chi connectivity index (χ4n) is 5.05. The van der Waals surface area contributed by atoms with Crippen LogP contribution in [0, 0.1) is 0 Å². The summed E-state index contributed by atoms with van der Waals surface area (Å²) < 4.78 is 31.0. The van der Waals surface area contributed by atoms with Crippen molar-refractivity contribution in [3.05, 3.63) is 113 Å². The second-order valence-corrected chi connectivity index (χ2v) is 11.8. The number of rotatable bonds is 11. The highest BCUT2D eigenvalue weighted by atomic mass is 79.9. The Bertz CT molecular complexity index is 1930. The third-order valence-corrected chi connectivity index (χ3v) is 8.79. The van der Waals surface area contributed by atoms with Gasteiger partial charge in [-0.05, 0) is 67.8 Å². The van der Waals surface area contributed by atoms with Crippen LogP contribution >= 0.6 is 27.3 Å². The van der Waals surface area contributed by atoms with Gasteiger partial charge in [0, 0.05) is 4.47 Å². The van der Waals surface area contributed by atoms with Crippen molar-refractivity contribution in [3.8, 4) is 23.0 Å². The van der Waals surface area contributed by atoms with Crippen molar-refractivity contribution in [1.29, 1.82) is 0 Å². The highest BCUT2D eigenvalue weighted by molar-refractivity contribution is 9.10. The molecule has 0 radical (unpaired) electrons. The molecule has 2 heterocycles. The first-order valence-corrected chi connectivity index (χ1v) is 15.9. The van der Waals surface area contributed by atoms with Crippen LogP contribution < -0.4 is 33.8 Å². The van der Waals surface area contributed by atoms with E-state index in [2.05, 4.69) is 20.9 Å². The quantitative estimate of drug-likeness (QED) is 0.190. The molecule has 9 nitrogen and oxygen atoms in total. The van der Waals surface area contributed by atoms with E-state index in [4.69, 9.17) is 23.7 Å². The maximum atomic E-state index is 14.1. The van der Waals surface area contributed by atoms with Gasteiger partial charge >= 0.3 is 5.97 Å². The van der Waals surface area contributed by atoms with Gasteiger partial charge in [-0.25, -0.2) is 9.79 Å². The van der Waals surface area contributed by atoms with Gasteiger partial charge in [-0.1, -0.05) is 63.7 Å². The molecule has 5 rings (SSSR count). The van der Waals surface area contributed by atoms with Crippen LogP contribution in [0.15, 0.2) is 86.2 Å². The number of ether oxygens (including phenoxy) is 5. The standard InChI is InChI=1S/C34H33BrN2O7S/c1-6-42-28-18-24(35)23(17-27(28)41-5)31-30(33(39)43-7-2)20(3)36-34-37(31)32(38)29(45-34)16-22-13-14-25(26(15-22)40-4)44-19-21-11-9-8-10-12-21/h8-18,31H,6-7,19H2,1-5H3/b29-16+/t31-/m0/s1. The number of fused-ring (bicyclic) bond motifs is 1. The molecule has 0 fully saturated rings. The zero-order chi connectivity index (χ0) is 32.1. The van der Waals surface area contributed by atoms with E-state index in [1.54, 1.807) is 46.3 Å². The lowest BCUT2D eigenvalue weighted by Gasteiger charge is -2.26. The smallest absolute Gasteiger partial charge is 0.338 e. The van der Waals surface area contributed by atoms with Crippen LogP contribution in [0.4, 0.5) is 0 Å². The van der Waals surface area contributed by atoms with E-state index in [1.165, 1.54) is 15.9 Å². The Labute approximate surface area is 273 Å². The molecule has 0 saturated carbocycles. The van der Waals surface area contributed by atoms with Crippen LogP contribution in [0.25, 0.3) is 6.08 Å². The second kappa shape index (κ2) is 14.2. The Morgan fingerprint density at radius 3 is 2.38 bits per heavy atom. The summed E-state index contributed by atoms with van der Waals surface area (Å²) in [6, 6.07) is 18.1. The SMILES string of the molecule is CCOC(=O)C1=C(C)N=c2s/c(=C/c3ccc(OCc4ccccc4)c(OC)c3)c(=O)n2[C@H]1c1cc(OC)c(OCC)cc1Br. The number of halogens is 1. The van der Waals surface area contributed by atoms with Crippen LogP contribution in [-0.2, 0) is 16.1 Å². The van der Waals surface area contributed by atoms with Crippen molar-refractivity contribution in [2.75, 3.05) is 27.4 Å². The van der Waals surface area contributed by atoms with Gasteiger partial charge in [0.15, 0.2) is 27.8 Å². The predicted molar refractivity (Wildman–Crippen MR) is 176 cm³/mol. The lowest BCUT2D eigenvalue weighted by Crippen LogP contribution is -2.40. The number of allylic oxidation sites excluding steroid dienone is 1. The Balaban J connectivity index is 1.61. The molecule has 0 bridgehead atoms. The Hall–Kier alpha value is -4.35. The van der Waals surface area contributed by atoms with Crippen LogP contribution in [-0.4, -0.2) is 38.0 Å². The number of aromatic nitrogens is 1. The summed E-state index contributed by atoms with van der Waals surface area (Å²) in [6.45, 7) is 6.37. The largest absolute Gasteiger partial charge is 0.493 e. The van der Waals surface area contributed by atoms with Crippen molar-refractivity contribution >= 4 is 39.3 Å². The van der Waals surface area contributed by atoms with Gasteiger partial charge in [0.1, 0.15) is 6.61 Å². The average Bonchev–Trinajstić information content (AvgIpc) is 3.34. The molecule has 4 aromatic rings. The fourth-order valence-corrected chi connectivity index (χ4v) is 6.64. The van der Waals surface area contributed by atoms with E-state index in [1.807, 2.05) is 55.5 Å². The van der Waals surface area contributed by atoms with Crippen molar-refractivity contribution in [2.24, 2.45) is 4.99 Å². The van der Waals surface area contributed by atoms with Gasteiger partial charge in [0.05, 0.1) is 49.3 Å². The molecule has 0 N–H and O–H groups in total. The monoisotopic (exact) mass is 692 g/mol. The van der Waals surface area contributed by atoms with Gasteiger partial charge in [0.25, 0.3) is 5.56 Å². The normalized spacial score (nSPS) is 14.4. The molecule has 3 aromatic carbocycles. The first-order valence-electron chi connectivity index (χ1n) is 14.3. The van der Waals surface area contributed by atoms with Crippen LogP contribution in [0.5, 0.6) is 23.0 Å². The summed E-state index contributed by atoms with van der Waals surface area (Å²) in [5, 5.41) is 0. The maximum absolute atomic E-state index is 14.1. The second-order valence-electron chi connectivity index (χ2n) is 9.94. The molecule has 0 unspecified atom stereocenters. The summed E-state index contributed by atoms with van der Waals surface area (Å²) in [7, 11) is 3.12. The predicted octanol–water partition coefficient (Wildman–Crippen LogP) is 5.56. The molecule has 1 aliphatic heterocycles. The number of nitrogens with zero attached hydrogens (tertiary/aromatic N) is 2. The zero-order valence-corrected chi connectivity index (χ0v) is 28.0. The number of hydrogen-bond acceptors (Lipinski definition) is 9. The molecular weight excluding hydrogens is 660 g/mol. The first-order chi connectivity index (χ1) is 21.8. The molecule has 1 atom stereocenters. The number of thiazole rings is 1. The lowest BCUT2D eigenvalue weighted by molar-refractivity contribution is -0.139. The third-order valence-electron chi connectivity index (χ3n) is 7.12. The summed E-state index contributed by atoms with van der Waals surface area (Å²) in [5.74, 6) is 1.58. The number of esters is 1. The van der Waals surface area contributed by atoms with Gasteiger partial charge in [-0.3, -0.25) is 9.36 Å². The van der Waals surface area contributed by atoms with Gasteiger partial charge in [-0.2, -0.15) is 0 Å². The Morgan fingerprint density at radius 1 is 0.956 bits per heavy atom. The topological polar surface area (TPSA) is 97.6 Å². The van der Waals surface area contributed by atoms with Crippen LogP contribution in [0.3, 0.4) is 0 Å². The molecule has 1 aromatic heterocycles. The van der Waals surface area contributed by atoms with E-state index in [0.717, 1.165) is 11.1 Å². The number of methoxy groups -OCH3 is 2. The zero-order valence-electron chi connectivity index (χ0n) is 25.6. The number of hydrogen-bond donors (Lipinski definition) is 0. The van der Waals surface area contributed by atoms with Crippen molar-refractivity contribution < 1.29 is 28.5 Å². The Kier molecular flexibility index (Phi) is 10.1. The van der Waals surface area contributed by atoms with Crippen LogP contribution in [0.2, 0.25) is 0 Å². The fraction of sp³-hybridized carbons (Fsp3) is 0.265. The van der Waals surface area contributed by atoms with Crippen molar-refractivity contribution in [1.82, 2.24) is 4.57 Å². The number of carbonyl (C=O) groups excluding carboxylic acids is 1. The van der Waals surface area contributed by atoms with E-state index in [-0.39, 0.29) is 17.7 Å². The molecule has 11 heteroatoms. The lowest BCUT2D eigenvalue weighted by atomic mass is 9.95. The molecule has 0 amide bonds. The third kappa shape index (κ3) is 6.69. The molecule has 0 saturated heterocycles. The van der Waals surface area contributed by atoms with Crippen molar-refractivity contribution in [3.63, 3.8) is 0 Å². The summed E-state index contributed by atoms with van der Waals surface area (Å²) in [4.78, 5) is 32.6. The highest BCUT2D eigenvalue weighted by Gasteiger charge is 2.35. The summed E-state index contributed by atoms with van der Waals surface area (Å²) >= 11 is 4.89. The molecule has 0 aliphatic carbocycles.